The highest BCUT2D eigenvalue weighted by molar-refractivity contribution is 9.10. The summed E-state index contributed by atoms with van der Waals surface area (Å²) >= 11 is 3.35. The zero-order valence-corrected chi connectivity index (χ0v) is 12.5. The monoisotopic (exact) mass is 345 g/mol. The van der Waals surface area contributed by atoms with Crippen molar-refractivity contribution in [3.05, 3.63) is 64.6 Å². The van der Waals surface area contributed by atoms with Crippen molar-refractivity contribution in [3.63, 3.8) is 0 Å². The number of benzene rings is 2. The van der Waals surface area contributed by atoms with Gasteiger partial charge in [0.05, 0.1) is 6.21 Å². The molecule has 21 heavy (non-hydrogen) atoms. The van der Waals surface area contributed by atoms with Crippen LogP contribution in [-0.4, -0.2) is 18.0 Å². The minimum absolute atomic E-state index is 0.549. The average Bonchev–Trinajstić information content (AvgIpc) is 2.50. The first-order chi connectivity index (χ1) is 10.2. The molecule has 5 nitrogen and oxygen atoms in total. The molecule has 6 heteroatoms. The van der Waals surface area contributed by atoms with Crippen LogP contribution in [0, 0.1) is 0 Å². The first kappa shape index (κ1) is 14.9. The summed E-state index contributed by atoms with van der Waals surface area (Å²) in [4.78, 5) is 23.2. The van der Waals surface area contributed by atoms with Crippen LogP contribution in [0.1, 0.15) is 5.56 Å². The molecular weight excluding hydrogens is 334 g/mol. The van der Waals surface area contributed by atoms with Crippen LogP contribution in [0.2, 0.25) is 0 Å². The third-order valence-electron chi connectivity index (χ3n) is 2.51. The second-order valence-electron chi connectivity index (χ2n) is 4.04. The van der Waals surface area contributed by atoms with Gasteiger partial charge in [-0.1, -0.05) is 52.3 Å². The molecule has 0 unspecified atom stereocenters. The molecule has 2 aromatic rings. The maximum Gasteiger partial charge on any atom is 0.329 e. The van der Waals surface area contributed by atoms with E-state index in [2.05, 4.69) is 31.8 Å². The SMILES string of the molecule is O=C(N/N=C\c1ccccc1Br)C(=O)Nc1ccccc1. The summed E-state index contributed by atoms with van der Waals surface area (Å²) in [6.45, 7) is 0. The standard InChI is InChI=1S/C15H12BrN3O2/c16-13-9-5-4-6-11(13)10-17-19-15(21)14(20)18-12-7-2-1-3-8-12/h1-10H,(H,18,20)(H,19,21)/b17-10-. The van der Waals surface area contributed by atoms with Gasteiger partial charge in [0, 0.05) is 15.7 Å². The number of rotatable bonds is 3. The van der Waals surface area contributed by atoms with Crippen molar-refractivity contribution in [2.45, 2.75) is 0 Å². The molecule has 0 saturated carbocycles. The smallest absolute Gasteiger partial charge is 0.318 e. The molecule has 2 rings (SSSR count). The molecule has 0 radical (unpaired) electrons. The highest BCUT2D eigenvalue weighted by Gasteiger charge is 2.12. The van der Waals surface area contributed by atoms with Gasteiger partial charge in [0.2, 0.25) is 0 Å². The maximum absolute atomic E-state index is 11.6. The number of hydrogen-bond donors (Lipinski definition) is 2. The summed E-state index contributed by atoms with van der Waals surface area (Å²) in [5.74, 6) is -1.60. The topological polar surface area (TPSA) is 70.6 Å². The van der Waals surface area contributed by atoms with Crippen LogP contribution in [0.3, 0.4) is 0 Å². The third-order valence-corrected chi connectivity index (χ3v) is 3.24. The van der Waals surface area contributed by atoms with Crippen LogP contribution in [0.15, 0.2) is 64.2 Å². The van der Waals surface area contributed by atoms with E-state index in [4.69, 9.17) is 0 Å². The fraction of sp³-hybridized carbons (Fsp3) is 0. The lowest BCUT2D eigenvalue weighted by Gasteiger charge is -2.03. The number of anilines is 1. The van der Waals surface area contributed by atoms with Crippen molar-refractivity contribution in [2.24, 2.45) is 5.10 Å². The Hall–Kier alpha value is -2.47. The van der Waals surface area contributed by atoms with Crippen LogP contribution < -0.4 is 10.7 Å². The number of hydrazone groups is 1. The van der Waals surface area contributed by atoms with Crippen molar-refractivity contribution < 1.29 is 9.59 Å². The molecule has 0 aliphatic heterocycles. The van der Waals surface area contributed by atoms with Crippen molar-refractivity contribution in [1.82, 2.24) is 5.43 Å². The molecule has 0 atom stereocenters. The molecule has 0 saturated heterocycles. The van der Waals surface area contributed by atoms with Crippen molar-refractivity contribution in [1.29, 1.82) is 0 Å². The van der Waals surface area contributed by atoms with Crippen molar-refractivity contribution in [2.75, 3.05) is 5.32 Å². The number of hydrogen-bond acceptors (Lipinski definition) is 3. The molecule has 0 aliphatic rings. The predicted octanol–water partition coefficient (Wildman–Crippen LogP) is 2.54. The minimum atomic E-state index is -0.831. The van der Waals surface area contributed by atoms with Crippen LogP contribution >= 0.6 is 15.9 Å². The number of carbonyl (C=O) groups is 2. The first-order valence-corrected chi connectivity index (χ1v) is 6.90. The summed E-state index contributed by atoms with van der Waals surface area (Å²) in [5, 5.41) is 6.22. The molecule has 0 bridgehead atoms. The fourth-order valence-corrected chi connectivity index (χ4v) is 1.89. The number of halogens is 1. The molecular formula is C15H12BrN3O2. The number of nitrogens with zero attached hydrogens (tertiary/aromatic N) is 1. The Labute approximate surface area is 130 Å². The van der Waals surface area contributed by atoms with Crippen molar-refractivity contribution in [3.8, 4) is 0 Å². The van der Waals surface area contributed by atoms with Gasteiger partial charge >= 0.3 is 11.8 Å². The Balaban J connectivity index is 1.90. The fourth-order valence-electron chi connectivity index (χ4n) is 1.50. The lowest BCUT2D eigenvalue weighted by Crippen LogP contribution is -2.32. The second kappa shape index (κ2) is 7.35. The van der Waals surface area contributed by atoms with Crippen molar-refractivity contribution >= 4 is 39.6 Å². The van der Waals surface area contributed by atoms with Crippen LogP contribution in [-0.2, 0) is 9.59 Å². The van der Waals surface area contributed by atoms with Gasteiger partial charge in [-0.2, -0.15) is 5.10 Å². The van der Waals surface area contributed by atoms with Gasteiger partial charge in [-0.15, -0.1) is 0 Å². The lowest BCUT2D eigenvalue weighted by molar-refractivity contribution is -0.136. The predicted molar refractivity (Wildman–Crippen MR) is 85.0 cm³/mol. The zero-order valence-electron chi connectivity index (χ0n) is 10.9. The molecule has 0 spiro atoms. The van der Waals surface area contributed by atoms with Gasteiger partial charge in [0.1, 0.15) is 0 Å². The molecule has 2 aromatic carbocycles. The Morgan fingerprint density at radius 2 is 1.62 bits per heavy atom. The van der Waals surface area contributed by atoms with Gasteiger partial charge in [-0.25, -0.2) is 5.43 Å². The number of para-hydroxylation sites is 1. The average molecular weight is 346 g/mol. The van der Waals surface area contributed by atoms with E-state index in [1.165, 1.54) is 6.21 Å². The summed E-state index contributed by atoms with van der Waals surface area (Å²) in [7, 11) is 0. The highest BCUT2D eigenvalue weighted by atomic mass is 79.9. The van der Waals surface area contributed by atoms with Gasteiger partial charge in [0.15, 0.2) is 0 Å². The summed E-state index contributed by atoms with van der Waals surface area (Å²) in [6.07, 6.45) is 1.46. The lowest BCUT2D eigenvalue weighted by atomic mass is 10.2. The molecule has 0 fully saturated rings. The van der Waals surface area contributed by atoms with E-state index in [1.54, 1.807) is 24.3 Å². The van der Waals surface area contributed by atoms with E-state index in [9.17, 15) is 9.59 Å². The summed E-state index contributed by atoms with van der Waals surface area (Å²) in [6, 6.07) is 16.1. The summed E-state index contributed by atoms with van der Waals surface area (Å²) in [5.41, 5.74) is 3.52. The van der Waals surface area contributed by atoms with Gasteiger partial charge in [-0.3, -0.25) is 9.59 Å². The molecule has 0 heterocycles. The Kier molecular flexibility index (Phi) is 5.22. The number of carbonyl (C=O) groups excluding carboxylic acids is 2. The van der Waals surface area contributed by atoms with Gasteiger partial charge in [0.25, 0.3) is 0 Å². The quantitative estimate of drug-likeness (QED) is 0.509. The third kappa shape index (κ3) is 4.54. The van der Waals surface area contributed by atoms with Gasteiger partial charge < -0.3 is 5.32 Å². The normalized spacial score (nSPS) is 10.3. The number of nitrogens with one attached hydrogen (secondary N) is 2. The Morgan fingerprint density at radius 3 is 2.33 bits per heavy atom. The minimum Gasteiger partial charge on any atom is -0.318 e. The molecule has 2 amide bonds. The Morgan fingerprint density at radius 1 is 0.952 bits per heavy atom. The molecule has 106 valence electrons. The Bertz CT molecular complexity index is 672. The summed E-state index contributed by atoms with van der Waals surface area (Å²) < 4.78 is 0.844. The zero-order chi connectivity index (χ0) is 15.1. The van der Waals surface area contributed by atoms with Crippen LogP contribution in [0.25, 0.3) is 0 Å². The van der Waals surface area contributed by atoms with Crippen LogP contribution in [0.5, 0.6) is 0 Å². The molecule has 0 aliphatic carbocycles. The van der Waals surface area contributed by atoms with E-state index in [1.807, 2.05) is 30.3 Å². The first-order valence-electron chi connectivity index (χ1n) is 6.11. The van der Waals surface area contributed by atoms with E-state index < -0.39 is 11.8 Å². The number of amides is 2. The molecule has 2 N–H and O–H groups in total. The second-order valence-corrected chi connectivity index (χ2v) is 4.90. The highest BCUT2D eigenvalue weighted by Crippen LogP contribution is 2.13. The molecule has 0 aromatic heterocycles. The van der Waals surface area contributed by atoms with Crippen LogP contribution in [0.4, 0.5) is 5.69 Å². The van der Waals surface area contributed by atoms with Gasteiger partial charge in [-0.05, 0) is 18.2 Å². The maximum atomic E-state index is 11.6. The van der Waals surface area contributed by atoms with E-state index >= 15 is 0 Å². The van der Waals surface area contributed by atoms with E-state index in [0.717, 1.165) is 10.0 Å². The van der Waals surface area contributed by atoms with E-state index in [-0.39, 0.29) is 0 Å². The largest absolute Gasteiger partial charge is 0.329 e. The van der Waals surface area contributed by atoms with E-state index in [0.29, 0.717) is 5.69 Å².